The lowest BCUT2D eigenvalue weighted by molar-refractivity contribution is 0.749. The van der Waals surface area contributed by atoms with E-state index >= 15 is 0 Å². The summed E-state index contributed by atoms with van der Waals surface area (Å²) in [5.74, 6) is 1.34. The Morgan fingerprint density at radius 3 is 2.96 bits per heavy atom. The molecule has 1 fully saturated rings. The van der Waals surface area contributed by atoms with E-state index in [-0.39, 0.29) is 0 Å². The third-order valence-electron chi connectivity index (χ3n) is 4.89. The molecular weight excluding hydrogens is 322 g/mol. The van der Waals surface area contributed by atoms with Gasteiger partial charge in [-0.25, -0.2) is 4.98 Å². The third kappa shape index (κ3) is 3.60. The highest BCUT2D eigenvalue weighted by atomic mass is 15.1. The largest absolute Gasteiger partial charge is 0.367 e. The van der Waals surface area contributed by atoms with E-state index in [4.69, 9.17) is 5.26 Å². The minimum absolute atomic E-state index is 0.442. The first-order valence-corrected chi connectivity index (χ1v) is 9.08. The summed E-state index contributed by atoms with van der Waals surface area (Å²) >= 11 is 0. The molecule has 1 heterocycles. The van der Waals surface area contributed by atoms with Crippen LogP contribution in [0, 0.1) is 11.3 Å². The van der Waals surface area contributed by atoms with Crippen molar-refractivity contribution >= 4 is 29.6 Å². The number of anilines is 3. The van der Waals surface area contributed by atoms with Gasteiger partial charge in [0.05, 0.1) is 6.07 Å². The number of benzene rings is 1. The van der Waals surface area contributed by atoms with Gasteiger partial charge < -0.3 is 10.6 Å². The van der Waals surface area contributed by atoms with Crippen molar-refractivity contribution in [1.82, 2.24) is 9.97 Å². The van der Waals surface area contributed by atoms with Crippen LogP contribution in [0.3, 0.4) is 0 Å². The maximum Gasteiger partial charge on any atom is 0.229 e. The number of nitriles is 1. The second-order valence-electron chi connectivity index (χ2n) is 6.73. The highest BCUT2D eigenvalue weighted by molar-refractivity contribution is 5.69. The molecule has 0 radical (unpaired) electrons. The summed E-state index contributed by atoms with van der Waals surface area (Å²) < 4.78 is 0. The number of hydrogen-bond acceptors (Lipinski definition) is 5. The molecule has 2 N–H and O–H groups in total. The van der Waals surface area contributed by atoms with Crippen LogP contribution in [0.4, 0.5) is 17.5 Å². The molecule has 0 saturated heterocycles. The predicted octanol–water partition coefficient (Wildman–Crippen LogP) is 4.68. The molecule has 1 aromatic carbocycles. The van der Waals surface area contributed by atoms with E-state index in [1.54, 1.807) is 12.3 Å². The minimum atomic E-state index is 0.442. The molecule has 26 heavy (non-hydrogen) atoms. The first-order chi connectivity index (χ1) is 12.8. The minimum Gasteiger partial charge on any atom is -0.367 e. The average molecular weight is 343 g/mol. The van der Waals surface area contributed by atoms with Crippen LogP contribution in [0.1, 0.15) is 42.4 Å². The van der Waals surface area contributed by atoms with Gasteiger partial charge in [0.1, 0.15) is 5.82 Å². The third-order valence-corrected chi connectivity index (χ3v) is 4.89. The fourth-order valence-electron chi connectivity index (χ4n) is 3.54. The molecule has 4 rings (SSSR count). The van der Waals surface area contributed by atoms with Crippen molar-refractivity contribution < 1.29 is 0 Å². The Morgan fingerprint density at radius 2 is 2.12 bits per heavy atom. The van der Waals surface area contributed by atoms with Gasteiger partial charge in [0.2, 0.25) is 5.95 Å². The van der Waals surface area contributed by atoms with Crippen LogP contribution in [0.2, 0.25) is 0 Å². The van der Waals surface area contributed by atoms with Crippen LogP contribution in [-0.4, -0.2) is 16.0 Å². The number of hydrogen-bond donors (Lipinski definition) is 2. The first-order valence-electron chi connectivity index (χ1n) is 9.08. The second kappa shape index (κ2) is 7.40. The Balaban J connectivity index is 1.58. The predicted molar refractivity (Wildman–Crippen MR) is 105 cm³/mol. The summed E-state index contributed by atoms with van der Waals surface area (Å²) in [6, 6.07) is 8.79. The molecule has 0 amide bonds. The summed E-state index contributed by atoms with van der Waals surface area (Å²) in [4.78, 5) is 9.08. The summed E-state index contributed by atoms with van der Waals surface area (Å²) in [5.41, 5.74) is 4.40. The van der Waals surface area contributed by atoms with Crippen LogP contribution in [0.25, 0.3) is 12.2 Å². The number of nitrogens with one attached hydrogen (secondary N) is 2. The van der Waals surface area contributed by atoms with Crippen molar-refractivity contribution in [3.05, 3.63) is 53.2 Å². The average Bonchev–Trinajstić information content (AvgIpc) is 3.32. The van der Waals surface area contributed by atoms with E-state index in [0.29, 0.717) is 12.0 Å². The van der Waals surface area contributed by atoms with Gasteiger partial charge in [-0.2, -0.15) is 10.2 Å². The number of aromatic nitrogens is 2. The number of rotatable bonds is 5. The monoisotopic (exact) mass is 343 g/mol. The SMILES string of the molecule is N#C/C=C/c1cnc(Nc2ccc3c(c2)C=CC3)nc1NC1CCCC1. The van der Waals surface area contributed by atoms with Crippen LogP contribution < -0.4 is 10.6 Å². The van der Waals surface area contributed by atoms with Crippen molar-refractivity contribution in [3.63, 3.8) is 0 Å². The van der Waals surface area contributed by atoms with Gasteiger partial charge in [0.25, 0.3) is 0 Å². The van der Waals surface area contributed by atoms with Crippen molar-refractivity contribution in [2.75, 3.05) is 10.6 Å². The van der Waals surface area contributed by atoms with E-state index in [1.165, 1.54) is 30.0 Å². The van der Waals surface area contributed by atoms with Crippen LogP contribution >= 0.6 is 0 Å². The first kappa shape index (κ1) is 16.3. The zero-order valence-electron chi connectivity index (χ0n) is 14.6. The zero-order chi connectivity index (χ0) is 17.8. The number of fused-ring (bicyclic) bond motifs is 1. The van der Waals surface area contributed by atoms with E-state index in [1.807, 2.05) is 6.07 Å². The fraction of sp³-hybridized carbons (Fsp3) is 0.286. The van der Waals surface area contributed by atoms with Gasteiger partial charge in [0, 0.05) is 29.6 Å². The van der Waals surface area contributed by atoms with E-state index in [9.17, 15) is 0 Å². The van der Waals surface area contributed by atoms with Crippen molar-refractivity contribution in [1.29, 1.82) is 5.26 Å². The highest BCUT2D eigenvalue weighted by Gasteiger charge is 2.17. The normalized spacial score (nSPS) is 16.0. The smallest absolute Gasteiger partial charge is 0.229 e. The summed E-state index contributed by atoms with van der Waals surface area (Å²) in [7, 11) is 0. The molecule has 5 nitrogen and oxygen atoms in total. The van der Waals surface area contributed by atoms with Gasteiger partial charge in [-0.15, -0.1) is 0 Å². The van der Waals surface area contributed by atoms with E-state index in [0.717, 1.165) is 36.3 Å². The van der Waals surface area contributed by atoms with Gasteiger partial charge in [-0.05, 0) is 48.6 Å². The molecule has 0 atom stereocenters. The van der Waals surface area contributed by atoms with Crippen molar-refractivity contribution in [2.45, 2.75) is 38.1 Å². The lowest BCUT2D eigenvalue weighted by atomic mass is 10.1. The van der Waals surface area contributed by atoms with E-state index < -0.39 is 0 Å². The zero-order valence-corrected chi connectivity index (χ0v) is 14.6. The van der Waals surface area contributed by atoms with E-state index in [2.05, 4.69) is 51.0 Å². The second-order valence-corrected chi connectivity index (χ2v) is 6.73. The molecule has 1 aromatic heterocycles. The molecule has 130 valence electrons. The Hall–Kier alpha value is -3.13. The maximum absolute atomic E-state index is 8.81. The highest BCUT2D eigenvalue weighted by Crippen LogP contribution is 2.27. The molecule has 0 spiro atoms. The number of allylic oxidation sites excluding steroid dienone is 2. The molecule has 0 unspecified atom stereocenters. The molecule has 0 bridgehead atoms. The Morgan fingerprint density at radius 1 is 1.23 bits per heavy atom. The van der Waals surface area contributed by atoms with Crippen LogP contribution in [-0.2, 0) is 6.42 Å². The molecular formula is C21H21N5. The Kier molecular flexibility index (Phi) is 4.65. The standard InChI is InChI=1S/C21H21N5/c22-12-4-7-17-14-23-21(26-20(17)24-18-8-1-2-9-18)25-19-11-10-15-5-3-6-16(15)13-19/h3-4,6-7,10-11,13-14,18H,1-2,5,8-9H2,(H2,23,24,25,26)/b7-4+. The lowest BCUT2D eigenvalue weighted by Gasteiger charge is -2.16. The molecule has 0 aliphatic heterocycles. The fourth-order valence-corrected chi connectivity index (χ4v) is 3.54. The van der Waals surface area contributed by atoms with Gasteiger partial charge in [0.15, 0.2) is 0 Å². The quantitative estimate of drug-likeness (QED) is 0.771. The molecule has 2 aliphatic rings. The summed E-state index contributed by atoms with van der Waals surface area (Å²) in [5, 5.41) is 15.6. The van der Waals surface area contributed by atoms with Gasteiger partial charge in [-0.3, -0.25) is 0 Å². The Bertz CT molecular complexity index is 901. The molecule has 1 saturated carbocycles. The van der Waals surface area contributed by atoms with Gasteiger partial charge in [-0.1, -0.05) is 31.1 Å². The molecule has 2 aliphatic carbocycles. The maximum atomic E-state index is 8.81. The van der Waals surface area contributed by atoms with Crippen molar-refractivity contribution in [3.8, 4) is 6.07 Å². The van der Waals surface area contributed by atoms with Gasteiger partial charge >= 0.3 is 0 Å². The van der Waals surface area contributed by atoms with Crippen LogP contribution in [0.5, 0.6) is 0 Å². The molecule has 2 aromatic rings. The Labute approximate surface area is 153 Å². The van der Waals surface area contributed by atoms with Crippen LogP contribution in [0.15, 0.2) is 36.5 Å². The summed E-state index contributed by atoms with van der Waals surface area (Å²) in [6.45, 7) is 0. The summed E-state index contributed by atoms with van der Waals surface area (Å²) in [6.07, 6.45) is 15.1. The number of nitrogens with zero attached hydrogens (tertiary/aromatic N) is 3. The lowest BCUT2D eigenvalue weighted by Crippen LogP contribution is -2.17. The molecule has 5 heteroatoms. The topological polar surface area (TPSA) is 73.6 Å². The van der Waals surface area contributed by atoms with Crippen molar-refractivity contribution in [2.24, 2.45) is 0 Å².